The van der Waals surface area contributed by atoms with Crippen molar-refractivity contribution in [1.29, 1.82) is 0 Å². The van der Waals surface area contributed by atoms with Crippen LogP contribution in [0.3, 0.4) is 0 Å². The summed E-state index contributed by atoms with van der Waals surface area (Å²) < 4.78 is 40.1. The molecule has 1 aliphatic rings. The Bertz CT molecular complexity index is 521. The number of nitro groups is 1. The van der Waals surface area contributed by atoms with E-state index in [9.17, 15) is 23.3 Å². The summed E-state index contributed by atoms with van der Waals surface area (Å²) in [6.45, 7) is 0.499. The van der Waals surface area contributed by atoms with Crippen molar-refractivity contribution in [2.75, 3.05) is 20.1 Å². The van der Waals surface area contributed by atoms with Gasteiger partial charge in [0.2, 0.25) is 0 Å². The van der Waals surface area contributed by atoms with Crippen LogP contribution in [0.2, 0.25) is 0 Å². The number of likely N-dealkylation sites (N-methyl/N-ethyl adjacent to an activating group) is 1. The Labute approximate surface area is 113 Å². The fourth-order valence-corrected chi connectivity index (χ4v) is 2.45. The Kier molecular flexibility index (Phi) is 3.70. The molecule has 110 valence electrons. The molecule has 0 radical (unpaired) electrons. The van der Waals surface area contributed by atoms with Gasteiger partial charge in [0.25, 0.3) is 5.69 Å². The van der Waals surface area contributed by atoms with Crippen molar-refractivity contribution in [3.05, 3.63) is 39.9 Å². The number of benzene rings is 1. The summed E-state index contributed by atoms with van der Waals surface area (Å²) in [5.41, 5.74) is -2.10. The summed E-state index contributed by atoms with van der Waals surface area (Å²) in [6, 6.07) is 5.30. The van der Waals surface area contributed by atoms with Gasteiger partial charge < -0.3 is 0 Å². The normalized spacial score (nSPS) is 24.0. The number of nitrogens with one attached hydrogen (secondary N) is 1. The second-order valence-corrected chi connectivity index (χ2v) is 4.81. The lowest BCUT2D eigenvalue weighted by Crippen LogP contribution is -2.62. The van der Waals surface area contributed by atoms with Crippen LogP contribution >= 0.6 is 0 Å². The number of alkyl halides is 3. The van der Waals surface area contributed by atoms with Gasteiger partial charge in [-0.1, -0.05) is 12.1 Å². The van der Waals surface area contributed by atoms with Crippen LogP contribution in [0.25, 0.3) is 0 Å². The molecule has 1 heterocycles. The standard InChI is InChI=1S/C12H14F3N3O2/c1-17-6-5-16-11(17,12(13,14)15)8-9-3-2-4-10(7-9)18(19)20/h2-4,7,16H,5-6,8H2,1H3. The van der Waals surface area contributed by atoms with Gasteiger partial charge in [-0.05, 0) is 12.6 Å². The smallest absolute Gasteiger partial charge is 0.290 e. The monoisotopic (exact) mass is 289 g/mol. The minimum absolute atomic E-state index is 0.208. The summed E-state index contributed by atoms with van der Waals surface area (Å²) in [5, 5.41) is 13.2. The molecule has 1 saturated heterocycles. The molecule has 1 aromatic rings. The third-order valence-electron chi connectivity index (χ3n) is 3.57. The van der Waals surface area contributed by atoms with E-state index in [1.54, 1.807) is 0 Å². The molecule has 8 heteroatoms. The number of nitro benzene ring substituents is 1. The third kappa shape index (κ3) is 2.48. The molecular weight excluding hydrogens is 275 g/mol. The van der Waals surface area contributed by atoms with E-state index >= 15 is 0 Å². The van der Waals surface area contributed by atoms with Crippen molar-refractivity contribution in [3.8, 4) is 0 Å². The van der Waals surface area contributed by atoms with Crippen LogP contribution in [0.1, 0.15) is 5.56 Å². The molecule has 0 aromatic heterocycles. The van der Waals surface area contributed by atoms with Gasteiger partial charge in [0, 0.05) is 31.6 Å². The average Bonchev–Trinajstić information content (AvgIpc) is 2.72. The highest BCUT2D eigenvalue weighted by molar-refractivity contribution is 5.35. The zero-order chi connectivity index (χ0) is 15.0. The maximum absolute atomic E-state index is 13.4. The first-order valence-electron chi connectivity index (χ1n) is 6.02. The predicted molar refractivity (Wildman–Crippen MR) is 66.2 cm³/mol. The van der Waals surface area contributed by atoms with E-state index in [1.165, 1.54) is 36.2 Å². The molecule has 1 fully saturated rings. The van der Waals surface area contributed by atoms with Gasteiger partial charge in [0.15, 0.2) is 5.66 Å². The van der Waals surface area contributed by atoms with E-state index in [0.717, 1.165) is 0 Å². The number of hydrogen-bond donors (Lipinski definition) is 1. The number of halogens is 3. The van der Waals surface area contributed by atoms with Crippen LogP contribution in [-0.2, 0) is 6.42 Å². The van der Waals surface area contributed by atoms with E-state index in [-0.39, 0.29) is 30.8 Å². The van der Waals surface area contributed by atoms with Crippen LogP contribution in [0, 0.1) is 10.1 Å². The Morgan fingerprint density at radius 3 is 2.70 bits per heavy atom. The van der Waals surface area contributed by atoms with E-state index < -0.39 is 16.8 Å². The molecule has 0 aliphatic carbocycles. The summed E-state index contributed by atoms with van der Waals surface area (Å²) >= 11 is 0. The molecule has 20 heavy (non-hydrogen) atoms. The molecule has 2 rings (SSSR count). The number of rotatable bonds is 3. The third-order valence-corrected chi connectivity index (χ3v) is 3.57. The molecule has 1 N–H and O–H groups in total. The van der Waals surface area contributed by atoms with Gasteiger partial charge in [-0.2, -0.15) is 13.2 Å². The molecule has 1 atom stereocenters. The first kappa shape index (κ1) is 14.7. The molecule has 1 aliphatic heterocycles. The zero-order valence-electron chi connectivity index (χ0n) is 10.8. The summed E-state index contributed by atoms with van der Waals surface area (Å²) in [7, 11) is 1.39. The molecule has 1 aromatic carbocycles. The number of hydrogen-bond acceptors (Lipinski definition) is 4. The highest BCUT2D eigenvalue weighted by Gasteiger charge is 2.59. The minimum Gasteiger partial charge on any atom is -0.290 e. The quantitative estimate of drug-likeness (QED) is 0.682. The fourth-order valence-electron chi connectivity index (χ4n) is 2.45. The van der Waals surface area contributed by atoms with Crippen LogP contribution < -0.4 is 5.32 Å². The second kappa shape index (κ2) is 5.02. The fraction of sp³-hybridized carbons (Fsp3) is 0.500. The number of non-ortho nitro benzene ring substituents is 1. The van der Waals surface area contributed by atoms with Gasteiger partial charge in [0.05, 0.1) is 4.92 Å². The first-order chi connectivity index (χ1) is 9.26. The van der Waals surface area contributed by atoms with E-state index in [2.05, 4.69) is 5.32 Å². The predicted octanol–water partition coefficient (Wildman–Crippen LogP) is 1.93. The van der Waals surface area contributed by atoms with Gasteiger partial charge >= 0.3 is 6.18 Å². The highest BCUT2D eigenvalue weighted by atomic mass is 19.4. The Morgan fingerprint density at radius 1 is 1.50 bits per heavy atom. The maximum atomic E-state index is 13.4. The van der Waals surface area contributed by atoms with E-state index in [1.807, 2.05) is 0 Å². The Morgan fingerprint density at radius 2 is 2.20 bits per heavy atom. The van der Waals surface area contributed by atoms with Crippen molar-refractivity contribution in [3.63, 3.8) is 0 Å². The van der Waals surface area contributed by atoms with Crippen molar-refractivity contribution < 1.29 is 18.1 Å². The second-order valence-electron chi connectivity index (χ2n) is 4.81. The van der Waals surface area contributed by atoms with Gasteiger partial charge in [-0.3, -0.25) is 20.3 Å². The van der Waals surface area contributed by atoms with Crippen molar-refractivity contribution in [1.82, 2.24) is 10.2 Å². The van der Waals surface area contributed by atoms with Crippen molar-refractivity contribution in [2.45, 2.75) is 18.3 Å². The lowest BCUT2D eigenvalue weighted by atomic mass is 9.98. The SMILES string of the molecule is CN1CCNC1(Cc1cccc([N+](=O)[O-])c1)C(F)(F)F. The molecular formula is C12H14F3N3O2. The highest BCUT2D eigenvalue weighted by Crippen LogP contribution is 2.37. The molecule has 1 unspecified atom stereocenters. The van der Waals surface area contributed by atoms with E-state index in [4.69, 9.17) is 0 Å². The minimum atomic E-state index is -4.47. The molecule has 0 amide bonds. The van der Waals surface area contributed by atoms with Gasteiger partial charge in [-0.25, -0.2) is 0 Å². The van der Waals surface area contributed by atoms with Gasteiger partial charge in [-0.15, -0.1) is 0 Å². The van der Waals surface area contributed by atoms with Crippen LogP contribution in [-0.4, -0.2) is 41.8 Å². The summed E-state index contributed by atoms with van der Waals surface area (Å²) in [6.07, 6.45) is -4.84. The average molecular weight is 289 g/mol. The lowest BCUT2D eigenvalue weighted by Gasteiger charge is -2.37. The van der Waals surface area contributed by atoms with Crippen LogP contribution in [0.15, 0.2) is 24.3 Å². The molecule has 0 bridgehead atoms. The molecule has 0 spiro atoms. The Balaban J connectivity index is 2.34. The Hall–Kier alpha value is -1.67. The van der Waals surface area contributed by atoms with E-state index in [0.29, 0.717) is 0 Å². The topological polar surface area (TPSA) is 58.4 Å². The van der Waals surface area contributed by atoms with Crippen LogP contribution in [0.5, 0.6) is 0 Å². The molecule has 0 saturated carbocycles. The molecule has 5 nitrogen and oxygen atoms in total. The van der Waals surface area contributed by atoms with Crippen molar-refractivity contribution >= 4 is 5.69 Å². The summed E-state index contributed by atoms with van der Waals surface area (Å²) in [4.78, 5) is 11.3. The largest absolute Gasteiger partial charge is 0.420 e. The first-order valence-corrected chi connectivity index (χ1v) is 6.02. The summed E-state index contributed by atoms with van der Waals surface area (Å²) in [5.74, 6) is 0. The lowest BCUT2D eigenvalue weighted by molar-refractivity contribution is -0.384. The van der Waals surface area contributed by atoms with Gasteiger partial charge in [0.1, 0.15) is 0 Å². The van der Waals surface area contributed by atoms with Crippen molar-refractivity contribution in [2.24, 2.45) is 0 Å². The zero-order valence-corrected chi connectivity index (χ0v) is 10.8. The van der Waals surface area contributed by atoms with Crippen LogP contribution in [0.4, 0.5) is 18.9 Å². The maximum Gasteiger partial charge on any atom is 0.420 e. The number of nitrogens with zero attached hydrogens (tertiary/aromatic N) is 2.